The molecule has 2 aromatic rings. The van der Waals surface area contributed by atoms with Crippen LogP contribution in [0.4, 0.5) is 0 Å². The number of benzene rings is 2. The van der Waals surface area contributed by atoms with E-state index in [0.717, 1.165) is 16.9 Å². The molecule has 0 unspecified atom stereocenters. The molecule has 2 rings (SSSR count). The second-order valence-corrected chi connectivity index (χ2v) is 4.64. The van der Waals surface area contributed by atoms with Crippen LogP contribution >= 0.6 is 0 Å². The molecule has 2 aromatic carbocycles. The van der Waals surface area contributed by atoms with E-state index >= 15 is 0 Å². The Hall–Kier alpha value is -2.82. The molecule has 0 saturated heterocycles. The molecule has 0 spiro atoms. The predicted octanol–water partition coefficient (Wildman–Crippen LogP) is 3.01. The Balaban J connectivity index is 2.27. The minimum absolute atomic E-state index is 0.147. The summed E-state index contributed by atoms with van der Waals surface area (Å²) in [5.41, 5.74) is 2.07. The highest BCUT2D eigenvalue weighted by atomic mass is 16.6. The zero-order valence-corrected chi connectivity index (χ0v) is 12.4. The molecule has 0 saturated carbocycles. The van der Waals surface area contributed by atoms with E-state index in [4.69, 9.17) is 4.74 Å². The average Bonchev–Trinajstić information content (AvgIpc) is 2.52. The molecule has 0 atom stereocenters. The van der Waals surface area contributed by atoms with Crippen molar-refractivity contribution in [2.24, 2.45) is 5.16 Å². The third-order valence-electron chi connectivity index (χ3n) is 3.13. The van der Waals surface area contributed by atoms with Crippen molar-refractivity contribution in [2.45, 2.75) is 13.5 Å². The van der Waals surface area contributed by atoms with Crippen molar-refractivity contribution < 1.29 is 19.5 Å². The second-order valence-electron chi connectivity index (χ2n) is 4.64. The van der Waals surface area contributed by atoms with Crippen LogP contribution in [0.5, 0.6) is 5.75 Å². The maximum absolute atomic E-state index is 11.3. The zero-order valence-electron chi connectivity index (χ0n) is 12.4. The number of carboxylic acid groups (broad SMARTS) is 1. The van der Waals surface area contributed by atoms with Gasteiger partial charge in [-0.15, -0.1) is 0 Å². The Bertz CT molecular complexity index is 695. The first-order chi connectivity index (χ1) is 10.6. The van der Waals surface area contributed by atoms with Crippen molar-refractivity contribution >= 4 is 11.7 Å². The number of ether oxygens (including phenoxy) is 1. The van der Waals surface area contributed by atoms with Crippen LogP contribution in [0.25, 0.3) is 0 Å². The summed E-state index contributed by atoms with van der Waals surface area (Å²) < 4.78 is 5.78. The van der Waals surface area contributed by atoms with Gasteiger partial charge in [0, 0.05) is 5.56 Å². The summed E-state index contributed by atoms with van der Waals surface area (Å²) in [6.07, 6.45) is 0. The van der Waals surface area contributed by atoms with Crippen molar-refractivity contribution in [3.8, 4) is 5.75 Å². The van der Waals surface area contributed by atoms with Gasteiger partial charge in [0.1, 0.15) is 19.5 Å². The Morgan fingerprint density at radius 1 is 1.14 bits per heavy atom. The highest BCUT2D eigenvalue weighted by Gasteiger charge is 2.17. The van der Waals surface area contributed by atoms with Crippen LogP contribution in [0.1, 0.15) is 16.7 Å². The Labute approximate surface area is 128 Å². The lowest BCUT2D eigenvalue weighted by molar-refractivity contribution is -0.129. The quantitative estimate of drug-likeness (QED) is 0.657. The molecule has 1 N–H and O–H groups in total. The van der Waals surface area contributed by atoms with Crippen molar-refractivity contribution in [3.05, 3.63) is 65.2 Å². The monoisotopic (exact) mass is 299 g/mol. The molecule has 0 fully saturated rings. The van der Waals surface area contributed by atoms with Crippen LogP contribution in [0.2, 0.25) is 0 Å². The van der Waals surface area contributed by atoms with E-state index < -0.39 is 5.97 Å². The van der Waals surface area contributed by atoms with Crippen molar-refractivity contribution in [2.75, 3.05) is 7.11 Å². The van der Waals surface area contributed by atoms with Gasteiger partial charge < -0.3 is 14.7 Å². The standard InChI is InChI=1S/C17H17NO4/c1-12-7-3-6-10-15(12)22-11-13-8-4-5-9-14(13)16(17(19)20)18-21-2/h3-10H,11H2,1-2H3,(H,19,20)/b18-16-. The molecule has 0 aliphatic rings. The fourth-order valence-electron chi connectivity index (χ4n) is 2.05. The first kappa shape index (κ1) is 15.6. The molecule has 0 aliphatic carbocycles. The minimum atomic E-state index is -1.15. The van der Waals surface area contributed by atoms with Crippen LogP contribution in [0, 0.1) is 6.92 Å². The van der Waals surface area contributed by atoms with E-state index in [1.54, 1.807) is 12.1 Å². The number of nitrogens with zero attached hydrogens (tertiary/aromatic N) is 1. The first-order valence-electron chi connectivity index (χ1n) is 6.74. The lowest BCUT2D eigenvalue weighted by Gasteiger charge is -2.12. The largest absolute Gasteiger partial charge is 0.489 e. The van der Waals surface area contributed by atoms with Gasteiger partial charge in [0.15, 0.2) is 5.71 Å². The fourth-order valence-corrected chi connectivity index (χ4v) is 2.05. The normalized spacial score (nSPS) is 11.1. The number of hydrogen-bond donors (Lipinski definition) is 1. The SMILES string of the molecule is CO/N=C(\C(=O)O)c1ccccc1COc1ccccc1C. The van der Waals surface area contributed by atoms with Gasteiger partial charge >= 0.3 is 5.97 Å². The number of carboxylic acids is 1. The van der Waals surface area contributed by atoms with E-state index in [1.807, 2.05) is 43.3 Å². The van der Waals surface area contributed by atoms with Crippen LogP contribution < -0.4 is 4.74 Å². The van der Waals surface area contributed by atoms with Gasteiger partial charge in [0.05, 0.1) is 0 Å². The maximum atomic E-state index is 11.3. The summed E-state index contributed by atoms with van der Waals surface area (Å²) in [5.74, 6) is -0.386. The van der Waals surface area contributed by atoms with Gasteiger partial charge in [-0.25, -0.2) is 4.79 Å². The molecule has 0 bridgehead atoms. The number of carbonyl (C=O) groups is 1. The fraction of sp³-hybridized carbons (Fsp3) is 0.176. The summed E-state index contributed by atoms with van der Waals surface area (Å²) in [5, 5.41) is 12.8. The van der Waals surface area contributed by atoms with Crippen molar-refractivity contribution in [1.82, 2.24) is 0 Å². The summed E-state index contributed by atoms with van der Waals surface area (Å²) >= 11 is 0. The number of para-hydroxylation sites is 1. The number of oxime groups is 1. The number of hydrogen-bond acceptors (Lipinski definition) is 4. The molecule has 0 heterocycles. The van der Waals surface area contributed by atoms with Gasteiger partial charge in [0.2, 0.25) is 0 Å². The third kappa shape index (κ3) is 3.63. The van der Waals surface area contributed by atoms with Gasteiger partial charge in [0.25, 0.3) is 0 Å². The zero-order chi connectivity index (χ0) is 15.9. The third-order valence-corrected chi connectivity index (χ3v) is 3.13. The number of rotatable bonds is 6. The van der Waals surface area contributed by atoms with Gasteiger partial charge in [-0.05, 0) is 24.1 Å². The average molecular weight is 299 g/mol. The molecule has 0 radical (unpaired) electrons. The van der Waals surface area contributed by atoms with Crippen LogP contribution in [0.15, 0.2) is 53.7 Å². The van der Waals surface area contributed by atoms with E-state index in [0.29, 0.717) is 5.56 Å². The molecular weight excluding hydrogens is 282 g/mol. The molecule has 5 nitrogen and oxygen atoms in total. The smallest absolute Gasteiger partial charge is 0.358 e. The predicted molar refractivity (Wildman–Crippen MR) is 83.1 cm³/mol. The van der Waals surface area contributed by atoms with Crippen molar-refractivity contribution in [1.29, 1.82) is 0 Å². The topological polar surface area (TPSA) is 68.1 Å². The lowest BCUT2D eigenvalue weighted by atomic mass is 10.0. The molecule has 114 valence electrons. The molecule has 0 aliphatic heterocycles. The molecule has 0 amide bonds. The molecule has 5 heteroatoms. The number of aryl methyl sites for hydroxylation is 1. The molecule has 0 aromatic heterocycles. The summed E-state index contributed by atoms with van der Waals surface area (Å²) in [6, 6.07) is 14.7. The van der Waals surface area contributed by atoms with Crippen LogP contribution in [-0.4, -0.2) is 23.9 Å². The molecule has 22 heavy (non-hydrogen) atoms. The van der Waals surface area contributed by atoms with E-state index in [-0.39, 0.29) is 12.3 Å². The second kappa shape index (κ2) is 7.26. The Morgan fingerprint density at radius 3 is 2.50 bits per heavy atom. The highest BCUT2D eigenvalue weighted by Crippen LogP contribution is 2.19. The highest BCUT2D eigenvalue weighted by molar-refractivity contribution is 6.42. The lowest BCUT2D eigenvalue weighted by Crippen LogP contribution is -2.17. The van der Waals surface area contributed by atoms with Gasteiger partial charge in [-0.2, -0.15) is 0 Å². The van der Waals surface area contributed by atoms with E-state index in [2.05, 4.69) is 9.99 Å². The van der Waals surface area contributed by atoms with Crippen molar-refractivity contribution in [3.63, 3.8) is 0 Å². The van der Waals surface area contributed by atoms with Crippen LogP contribution in [-0.2, 0) is 16.2 Å². The molecular formula is C17H17NO4. The maximum Gasteiger partial charge on any atom is 0.358 e. The number of aliphatic carboxylic acids is 1. The Kier molecular flexibility index (Phi) is 5.14. The first-order valence-corrected chi connectivity index (χ1v) is 6.74. The summed E-state index contributed by atoms with van der Waals surface area (Å²) in [6.45, 7) is 2.20. The van der Waals surface area contributed by atoms with Gasteiger partial charge in [-0.1, -0.05) is 47.6 Å². The van der Waals surface area contributed by atoms with E-state index in [9.17, 15) is 9.90 Å². The Morgan fingerprint density at radius 2 is 1.82 bits per heavy atom. The van der Waals surface area contributed by atoms with Crippen LogP contribution in [0.3, 0.4) is 0 Å². The van der Waals surface area contributed by atoms with E-state index in [1.165, 1.54) is 7.11 Å². The van der Waals surface area contributed by atoms with Gasteiger partial charge in [-0.3, -0.25) is 0 Å². The minimum Gasteiger partial charge on any atom is -0.489 e. The summed E-state index contributed by atoms with van der Waals surface area (Å²) in [4.78, 5) is 15.9. The summed E-state index contributed by atoms with van der Waals surface area (Å²) in [7, 11) is 1.31.